The van der Waals surface area contributed by atoms with Crippen LogP contribution >= 0.6 is 0 Å². The third-order valence-corrected chi connectivity index (χ3v) is 5.81. The van der Waals surface area contributed by atoms with E-state index in [-0.39, 0.29) is 5.82 Å². The average Bonchev–Trinajstić information content (AvgIpc) is 3.08. The number of aryl methyl sites for hydroxylation is 1. The Kier molecular flexibility index (Phi) is 6.02. The van der Waals surface area contributed by atoms with Crippen molar-refractivity contribution in [3.8, 4) is 17.0 Å². The number of aromatic amines is 1. The molecule has 33 heavy (non-hydrogen) atoms. The number of hydrogen-bond acceptors (Lipinski definition) is 4. The highest BCUT2D eigenvalue weighted by molar-refractivity contribution is 5.92. The number of aromatic carboxylic acids is 1. The zero-order chi connectivity index (χ0) is 23.7. The molecule has 0 radical (unpaired) electrons. The molecule has 2 aromatic heterocycles. The smallest absolute Gasteiger partial charge is 0.345 e. The SMILES string of the molecule is CCc1c(-c2ccc3c(c2)cc(CNCc2cccc(F)c2)n3C)[nH]c(=O)c(C(=O)O)c1O. The summed E-state index contributed by atoms with van der Waals surface area (Å²) in [6.45, 7) is 2.88. The first kappa shape index (κ1) is 22.3. The number of pyridine rings is 1. The molecule has 0 aliphatic rings. The van der Waals surface area contributed by atoms with Gasteiger partial charge in [-0.05, 0) is 47.9 Å². The summed E-state index contributed by atoms with van der Waals surface area (Å²) >= 11 is 0. The lowest BCUT2D eigenvalue weighted by molar-refractivity contribution is 0.0691. The minimum absolute atomic E-state index is 0.265. The van der Waals surface area contributed by atoms with Crippen molar-refractivity contribution < 1.29 is 19.4 Å². The zero-order valence-electron chi connectivity index (χ0n) is 18.3. The first-order valence-electron chi connectivity index (χ1n) is 10.6. The number of aromatic nitrogens is 2. The molecule has 7 nitrogen and oxygen atoms in total. The Morgan fingerprint density at radius 2 is 1.94 bits per heavy atom. The molecule has 0 saturated carbocycles. The van der Waals surface area contributed by atoms with Crippen molar-refractivity contribution in [3.05, 3.63) is 87.1 Å². The van der Waals surface area contributed by atoms with Crippen LogP contribution in [0, 0.1) is 5.82 Å². The second-order valence-corrected chi connectivity index (χ2v) is 7.89. The number of benzene rings is 2. The molecule has 2 heterocycles. The van der Waals surface area contributed by atoms with E-state index in [4.69, 9.17) is 0 Å². The van der Waals surface area contributed by atoms with Gasteiger partial charge in [0.05, 0.1) is 5.69 Å². The van der Waals surface area contributed by atoms with Gasteiger partial charge in [0.25, 0.3) is 5.56 Å². The van der Waals surface area contributed by atoms with Gasteiger partial charge in [-0.3, -0.25) is 4.79 Å². The van der Waals surface area contributed by atoms with Gasteiger partial charge < -0.3 is 25.1 Å². The van der Waals surface area contributed by atoms with E-state index in [9.17, 15) is 24.2 Å². The van der Waals surface area contributed by atoms with Gasteiger partial charge in [0.2, 0.25) is 0 Å². The molecule has 0 bridgehead atoms. The van der Waals surface area contributed by atoms with Crippen LogP contribution in [0.2, 0.25) is 0 Å². The summed E-state index contributed by atoms with van der Waals surface area (Å²) in [5.41, 5.74) is 2.82. The largest absolute Gasteiger partial charge is 0.506 e. The quantitative estimate of drug-likeness (QED) is 0.342. The van der Waals surface area contributed by atoms with Crippen molar-refractivity contribution in [2.24, 2.45) is 7.05 Å². The van der Waals surface area contributed by atoms with Gasteiger partial charge in [-0.25, -0.2) is 9.18 Å². The minimum atomic E-state index is -1.47. The molecule has 170 valence electrons. The highest BCUT2D eigenvalue weighted by atomic mass is 19.1. The predicted octanol–water partition coefficient (Wildman–Crippen LogP) is 3.93. The molecule has 0 spiro atoms. The Labute approximate surface area is 189 Å². The summed E-state index contributed by atoms with van der Waals surface area (Å²) in [5, 5.41) is 23.9. The Bertz CT molecular complexity index is 1420. The molecule has 4 aromatic rings. The van der Waals surface area contributed by atoms with E-state index in [2.05, 4.69) is 10.3 Å². The second-order valence-electron chi connectivity index (χ2n) is 7.89. The van der Waals surface area contributed by atoms with Gasteiger partial charge >= 0.3 is 5.97 Å². The van der Waals surface area contributed by atoms with Crippen LogP contribution in [0.1, 0.15) is 34.1 Å². The minimum Gasteiger partial charge on any atom is -0.506 e. The van der Waals surface area contributed by atoms with Crippen LogP contribution in [0.15, 0.2) is 53.3 Å². The Morgan fingerprint density at radius 3 is 2.64 bits per heavy atom. The zero-order valence-corrected chi connectivity index (χ0v) is 18.3. The molecule has 4 rings (SSSR count). The third kappa shape index (κ3) is 4.25. The molecule has 2 aromatic carbocycles. The van der Waals surface area contributed by atoms with Crippen LogP contribution in [0.25, 0.3) is 22.2 Å². The van der Waals surface area contributed by atoms with E-state index >= 15 is 0 Å². The average molecular weight is 449 g/mol. The normalized spacial score (nSPS) is 11.2. The van der Waals surface area contributed by atoms with Crippen molar-refractivity contribution in [1.29, 1.82) is 0 Å². The summed E-state index contributed by atoms with van der Waals surface area (Å²) in [7, 11) is 1.95. The number of carbonyl (C=O) groups is 1. The summed E-state index contributed by atoms with van der Waals surface area (Å²) in [4.78, 5) is 26.3. The van der Waals surface area contributed by atoms with E-state index in [1.165, 1.54) is 12.1 Å². The molecule has 0 saturated heterocycles. The van der Waals surface area contributed by atoms with E-state index in [0.29, 0.717) is 36.3 Å². The third-order valence-electron chi connectivity index (χ3n) is 5.81. The number of carboxylic acid groups (broad SMARTS) is 1. The number of fused-ring (bicyclic) bond motifs is 1. The van der Waals surface area contributed by atoms with Crippen LogP contribution in [-0.2, 0) is 26.6 Å². The van der Waals surface area contributed by atoms with E-state index in [1.54, 1.807) is 13.0 Å². The number of halogens is 1. The molecule has 0 aliphatic heterocycles. The van der Waals surface area contributed by atoms with Crippen molar-refractivity contribution >= 4 is 16.9 Å². The van der Waals surface area contributed by atoms with Crippen molar-refractivity contribution in [2.45, 2.75) is 26.4 Å². The molecular weight excluding hydrogens is 425 g/mol. The number of hydrogen-bond donors (Lipinski definition) is 4. The lowest BCUT2D eigenvalue weighted by atomic mass is 9.99. The second kappa shape index (κ2) is 8.91. The number of nitrogens with zero attached hydrogens (tertiary/aromatic N) is 1. The fourth-order valence-corrected chi connectivity index (χ4v) is 4.13. The first-order chi connectivity index (χ1) is 15.8. The standard InChI is InChI=1S/C25H24FN3O4/c1-3-19-22(28-24(31)21(23(19)30)25(32)33)15-7-8-20-16(10-15)11-18(29(20)2)13-27-12-14-5-4-6-17(26)9-14/h4-11,27H,3,12-13H2,1-2H3,(H,32,33)(H2,28,30,31). The fourth-order valence-electron chi connectivity index (χ4n) is 4.13. The maximum atomic E-state index is 13.4. The van der Waals surface area contributed by atoms with Gasteiger partial charge in [0.15, 0.2) is 5.56 Å². The van der Waals surface area contributed by atoms with Crippen molar-refractivity contribution in [2.75, 3.05) is 0 Å². The number of carboxylic acids is 1. The Balaban J connectivity index is 1.65. The summed E-state index contributed by atoms with van der Waals surface area (Å²) in [6.07, 6.45) is 0.348. The monoisotopic (exact) mass is 449 g/mol. The lowest BCUT2D eigenvalue weighted by Gasteiger charge is -2.12. The van der Waals surface area contributed by atoms with Gasteiger partial charge in [0, 0.05) is 42.3 Å². The summed E-state index contributed by atoms with van der Waals surface area (Å²) in [5.74, 6) is -2.23. The topological polar surface area (TPSA) is 107 Å². The maximum Gasteiger partial charge on any atom is 0.345 e. The molecule has 0 unspecified atom stereocenters. The molecule has 0 fully saturated rings. The Hall–Kier alpha value is -3.91. The number of H-pyrrole nitrogens is 1. The highest BCUT2D eigenvalue weighted by Gasteiger charge is 2.22. The summed E-state index contributed by atoms with van der Waals surface area (Å²) in [6, 6.07) is 14.1. The summed E-state index contributed by atoms with van der Waals surface area (Å²) < 4.78 is 15.4. The van der Waals surface area contributed by atoms with Crippen LogP contribution in [0.3, 0.4) is 0 Å². The van der Waals surface area contributed by atoms with Crippen LogP contribution < -0.4 is 10.9 Å². The fraction of sp³-hybridized carbons (Fsp3) is 0.200. The number of aromatic hydroxyl groups is 1. The highest BCUT2D eigenvalue weighted by Crippen LogP contribution is 2.32. The van der Waals surface area contributed by atoms with E-state index in [1.807, 2.05) is 41.9 Å². The Morgan fingerprint density at radius 1 is 1.15 bits per heavy atom. The van der Waals surface area contributed by atoms with Crippen LogP contribution in [-0.4, -0.2) is 25.7 Å². The molecule has 0 aliphatic carbocycles. The molecule has 0 atom stereocenters. The maximum absolute atomic E-state index is 13.4. The molecular formula is C25H24FN3O4. The van der Waals surface area contributed by atoms with Crippen molar-refractivity contribution in [1.82, 2.24) is 14.9 Å². The van der Waals surface area contributed by atoms with E-state index in [0.717, 1.165) is 22.2 Å². The molecule has 0 amide bonds. The number of rotatable bonds is 7. The van der Waals surface area contributed by atoms with Gasteiger partial charge in [-0.15, -0.1) is 0 Å². The van der Waals surface area contributed by atoms with Crippen molar-refractivity contribution in [3.63, 3.8) is 0 Å². The van der Waals surface area contributed by atoms with Gasteiger partial charge in [-0.2, -0.15) is 0 Å². The first-order valence-corrected chi connectivity index (χ1v) is 10.6. The van der Waals surface area contributed by atoms with Gasteiger partial charge in [0.1, 0.15) is 11.6 Å². The van der Waals surface area contributed by atoms with Gasteiger partial charge in [-0.1, -0.05) is 25.1 Å². The lowest BCUT2D eigenvalue weighted by Crippen LogP contribution is -2.20. The van der Waals surface area contributed by atoms with Crippen LogP contribution in [0.5, 0.6) is 5.75 Å². The molecule has 4 N–H and O–H groups in total. The number of nitrogens with one attached hydrogen (secondary N) is 2. The van der Waals surface area contributed by atoms with Crippen LogP contribution in [0.4, 0.5) is 4.39 Å². The van der Waals surface area contributed by atoms with E-state index < -0.39 is 22.8 Å². The predicted molar refractivity (Wildman–Crippen MR) is 124 cm³/mol. The molecule has 8 heteroatoms.